The second kappa shape index (κ2) is 11.1. The number of thiazole rings is 1. The van der Waals surface area contributed by atoms with Crippen molar-refractivity contribution < 1.29 is 23.9 Å². The Kier molecular flexibility index (Phi) is 7.94. The molecule has 1 aliphatic rings. The van der Waals surface area contributed by atoms with Gasteiger partial charge >= 0.3 is 11.9 Å². The Balaban J connectivity index is 1.48. The molecular formula is C24H26N4O6S2. The number of amides is 1. The van der Waals surface area contributed by atoms with Gasteiger partial charge in [0.2, 0.25) is 5.91 Å². The number of esters is 2. The molecule has 0 aromatic carbocycles. The summed E-state index contributed by atoms with van der Waals surface area (Å²) < 4.78 is 11.9. The number of carbonyl (C=O) groups excluding carboxylic acids is 3. The number of ether oxygens (including phenoxy) is 2. The summed E-state index contributed by atoms with van der Waals surface area (Å²) >= 11 is 2.10. The van der Waals surface area contributed by atoms with E-state index in [1.165, 1.54) is 17.0 Å². The average Bonchev–Trinajstić information content (AvgIpc) is 3.39. The summed E-state index contributed by atoms with van der Waals surface area (Å²) in [6, 6.07) is 0. The van der Waals surface area contributed by atoms with Gasteiger partial charge in [-0.05, 0) is 45.1 Å². The van der Waals surface area contributed by atoms with Gasteiger partial charge < -0.3 is 14.8 Å². The van der Waals surface area contributed by atoms with Crippen molar-refractivity contribution in [1.82, 2.24) is 14.5 Å². The second-order valence-electron chi connectivity index (χ2n) is 8.45. The fraction of sp³-hybridized carbons (Fsp3) is 0.417. The number of aromatic nitrogens is 3. The third-order valence-electron chi connectivity index (χ3n) is 5.80. The summed E-state index contributed by atoms with van der Waals surface area (Å²) in [5, 5.41) is 3.11. The zero-order valence-corrected chi connectivity index (χ0v) is 21.6. The van der Waals surface area contributed by atoms with Crippen LogP contribution >= 0.6 is 22.7 Å². The van der Waals surface area contributed by atoms with Crippen LogP contribution in [-0.4, -0.2) is 45.1 Å². The SMILES string of the molecule is C=CCOC(=O)c1sc(NC(=O)Cn2cnc3sc(C(=O)OC4CCCCC4)c(C)c3c2=O)nc1C. The highest BCUT2D eigenvalue weighted by Gasteiger charge is 2.25. The molecule has 0 saturated heterocycles. The summed E-state index contributed by atoms with van der Waals surface area (Å²) in [6.45, 7) is 6.58. The molecule has 1 aliphatic carbocycles. The molecule has 0 bridgehead atoms. The van der Waals surface area contributed by atoms with E-state index < -0.39 is 23.4 Å². The van der Waals surface area contributed by atoms with Gasteiger partial charge in [0.15, 0.2) is 5.13 Å². The molecule has 3 heterocycles. The Bertz CT molecular complexity index is 1380. The van der Waals surface area contributed by atoms with Crippen molar-refractivity contribution in [3.05, 3.63) is 50.3 Å². The van der Waals surface area contributed by atoms with Crippen LogP contribution in [-0.2, 0) is 20.8 Å². The quantitative estimate of drug-likeness (QED) is 0.342. The molecule has 3 aromatic rings. The summed E-state index contributed by atoms with van der Waals surface area (Å²) in [5.74, 6) is -1.50. The van der Waals surface area contributed by atoms with Gasteiger partial charge in [0.25, 0.3) is 5.56 Å². The van der Waals surface area contributed by atoms with E-state index in [2.05, 4.69) is 21.9 Å². The van der Waals surface area contributed by atoms with Gasteiger partial charge in [-0.1, -0.05) is 30.4 Å². The standard InChI is InChI=1S/C24H26N4O6S2/c1-4-10-33-22(31)19-14(3)26-24(36-19)27-16(29)11-28-12-25-20-17(21(28)30)13(2)18(35-20)23(32)34-15-8-6-5-7-9-15/h4,12,15H,1,5-11H2,2-3H3,(H,26,27,29). The second-order valence-corrected chi connectivity index (χ2v) is 10.4. The number of hydrogen-bond acceptors (Lipinski definition) is 10. The molecule has 0 radical (unpaired) electrons. The third kappa shape index (κ3) is 5.54. The van der Waals surface area contributed by atoms with Gasteiger partial charge in [-0.25, -0.2) is 19.6 Å². The molecule has 0 atom stereocenters. The molecular weight excluding hydrogens is 504 g/mol. The molecule has 0 aliphatic heterocycles. The first kappa shape index (κ1) is 25.7. The number of fused-ring (bicyclic) bond motifs is 1. The Morgan fingerprint density at radius 2 is 1.92 bits per heavy atom. The van der Waals surface area contributed by atoms with Gasteiger partial charge in [-0.15, -0.1) is 11.3 Å². The molecule has 36 heavy (non-hydrogen) atoms. The minimum Gasteiger partial charge on any atom is -0.458 e. The molecule has 12 heteroatoms. The molecule has 1 saturated carbocycles. The van der Waals surface area contributed by atoms with E-state index in [1.807, 2.05) is 0 Å². The molecule has 3 aromatic heterocycles. The molecule has 190 valence electrons. The minimum absolute atomic E-state index is 0.0677. The predicted molar refractivity (Wildman–Crippen MR) is 137 cm³/mol. The van der Waals surface area contributed by atoms with Crippen molar-refractivity contribution >= 4 is 55.9 Å². The third-order valence-corrected chi connectivity index (χ3v) is 8.04. The van der Waals surface area contributed by atoms with Crippen LogP contribution < -0.4 is 10.9 Å². The van der Waals surface area contributed by atoms with E-state index in [0.29, 0.717) is 26.4 Å². The zero-order valence-electron chi connectivity index (χ0n) is 20.0. The molecule has 10 nitrogen and oxygen atoms in total. The van der Waals surface area contributed by atoms with Crippen molar-refractivity contribution in [2.24, 2.45) is 0 Å². The number of anilines is 1. The largest absolute Gasteiger partial charge is 0.458 e. The summed E-state index contributed by atoms with van der Waals surface area (Å²) in [7, 11) is 0. The molecule has 1 amide bonds. The Morgan fingerprint density at radius 1 is 1.17 bits per heavy atom. The smallest absolute Gasteiger partial charge is 0.350 e. The minimum atomic E-state index is -0.554. The van der Waals surface area contributed by atoms with E-state index in [4.69, 9.17) is 9.47 Å². The number of nitrogens with one attached hydrogen (secondary N) is 1. The maximum atomic E-state index is 13.1. The number of aryl methyl sites for hydroxylation is 2. The monoisotopic (exact) mass is 530 g/mol. The summed E-state index contributed by atoms with van der Waals surface area (Å²) in [6.07, 6.45) is 7.58. The van der Waals surface area contributed by atoms with E-state index in [9.17, 15) is 19.2 Å². The van der Waals surface area contributed by atoms with Gasteiger partial charge in [0.05, 0.1) is 17.4 Å². The lowest BCUT2D eigenvalue weighted by Gasteiger charge is -2.21. The highest BCUT2D eigenvalue weighted by atomic mass is 32.1. The summed E-state index contributed by atoms with van der Waals surface area (Å²) in [4.78, 5) is 60.1. The van der Waals surface area contributed by atoms with Gasteiger partial charge in [-0.2, -0.15) is 0 Å². The number of thiophene rings is 1. The molecule has 0 unspecified atom stereocenters. The first-order valence-electron chi connectivity index (χ1n) is 11.5. The molecule has 0 spiro atoms. The Hall–Kier alpha value is -3.38. The van der Waals surface area contributed by atoms with E-state index in [0.717, 1.165) is 54.8 Å². The molecule has 4 rings (SSSR count). The van der Waals surface area contributed by atoms with Crippen LogP contribution in [0.5, 0.6) is 0 Å². The van der Waals surface area contributed by atoms with Crippen LogP contribution in [0.3, 0.4) is 0 Å². The predicted octanol–water partition coefficient (Wildman–Crippen LogP) is 4.00. The van der Waals surface area contributed by atoms with Crippen LogP contribution in [0.15, 0.2) is 23.8 Å². The van der Waals surface area contributed by atoms with E-state index in [-0.39, 0.29) is 29.3 Å². The van der Waals surface area contributed by atoms with Crippen LogP contribution in [0.4, 0.5) is 5.13 Å². The highest BCUT2D eigenvalue weighted by Crippen LogP contribution is 2.29. The maximum absolute atomic E-state index is 13.1. The van der Waals surface area contributed by atoms with E-state index in [1.54, 1.807) is 13.8 Å². The van der Waals surface area contributed by atoms with Crippen LogP contribution in [0.2, 0.25) is 0 Å². The molecule has 1 fully saturated rings. The van der Waals surface area contributed by atoms with E-state index >= 15 is 0 Å². The van der Waals surface area contributed by atoms with Crippen LogP contribution in [0.1, 0.15) is 62.7 Å². The van der Waals surface area contributed by atoms with Crippen molar-refractivity contribution in [2.75, 3.05) is 11.9 Å². The van der Waals surface area contributed by atoms with Crippen molar-refractivity contribution in [3.8, 4) is 0 Å². The van der Waals surface area contributed by atoms with Crippen LogP contribution in [0.25, 0.3) is 10.2 Å². The fourth-order valence-corrected chi connectivity index (χ4v) is 5.91. The maximum Gasteiger partial charge on any atom is 0.350 e. The molecule has 1 N–H and O–H groups in total. The normalized spacial score (nSPS) is 13.9. The topological polar surface area (TPSA) is 129 Å². The Morgan fingerprint density at radius 3 is 2.64 bits per heavy atom. The van der Waals surface area contributed by atoms with Gasteiger partial charge in [0.1, 0.15) is 33.8 Å². The average molecular weight is 531 g/mol. The van der Waals surface area contributed by atoms with Crippen LogP contribution in [0, 0.1) is 13.8 Å². The van der Waals surface area contributed by atoms with Crippen molar-refractivity contribution in [2.45, 2.75) is 58.6 Å². The van der Waals surface area contributed by atoms with Gasteiger partial charge in [0, 0.05) is 0 Å². The number of hydrogen-bond donors (Lipinski definition) is 1. The van der Waals surface area contributed by atoms with Crippen molar-refractivity contribution in [1.29, 1.82) is 0 Å². The van der Waals surface area contributed by atoms with Crippen molar-refractivity contribution in [3.63, 3.8) is 0 Å². The number of carbonyl (C=O) groups is 3. The fourth-order valence-electron chi connectivity index (χ4n) is 4.01. The first-order valence-corrected chi connectivity index (χ1v) is 13.2. The number of nitrogens with zero attached hydrogens (tertiary/aromatic N) is 3. The zero-order chi connectivity index (χ0) is 25.8. The number of rotatable bonds is 8. The summed E-state index contributed by atoms with van der Waals surface area (Å²) in [5.41, 5.74) is 0.497. The Labute approximate surface area is 215 Å². The van der Waals surface area contributed by atoms with Gasteiger partial charge in [-0.3, -0.25) is 14.2 Å². The first-order chi connectivity index (χ1) is 17.3. The lowest BCUT2D eigenvalue weighted by Crippen LogP contribution is -2.28. The lowest BCUT2D eigenvalue weighted by molar-refractivity contribution is -0.116. The lowest BCUT2D eigenvalue weighted by atomic mass is 9.98. The highest BCUT2D eigenvalue weighted by molar-refractivity contribution is 7.20.